The second kappa shape index (κ2) is 6.59. The molecular formula is C19H14FN5O4. The molecule has 1 aromatic heterocycles. The molecule has 9 nitrogen and oxygen atoms in total. The van der Waals surface area contributed by atoms with E-state index < -0.39 is 11.9 Å². The lowest BCUT2D eigenvalue weighted by atomic mass is 10.1. The number of nitrogens with one attached hydrogen (secondary N) is 2. The number of carbonyl (C=O) groups excluding carboxylic acids is 2. The van der Waals surface area contributed by atoms with E-state index in [1.807, 2.05) is 0 Å². The normalized spacial score (nSPS) is 16.9. The molecule has 29 heavy (non-hydrogen) atoms. The average Bonchev–Trinajstić information content (AvgIpc) is 3.34. The molecule has 3 heterocycles. The SMILES string of the molecule is O=C1CC(C(=O)Nc2ccc3c(c2)OCO3)n2nc(-c3ccc(F)cc3)nc2N1. The van der Waals surface area contributed by atoms with Gasteiger partial charge in [-0.05, 0) is 36.4 Å². The Labute approximate surface area is 163 Å². The van der Waals surface area contributed by atoms with Gasteiger partial charge in [-0.1, -0.05) is 0 Å². The van der Waals surface area contributed by atoms with Crippen molar-refractivity contribution in [3.8, 4) is 22.9 Å². The summed E-state index contributed by atoms with van der Waals surface area (Å²) in [5.74, 6) is 0.421. The summed E-state index contributed by atoms with van der Waals surface area (Å²) in [5, 5.41) is 9.72. The Morgan fingerprint density at radius 1 is 1.17 bits per heavy atom. The van der Waals surface area contributed by atoms with Gasteiger partial charge in [0.25, 0.3) is 0 Å². The van der Waals surface area contributed by atoms with Gasteiger partial charge in [0, 0.05) is 17.3 Å². The molecule has 10 heteroatoms. The van der Waals surface area contributed by atoms with Crippen LogP contribution >= 0.6 is 0 Å². The Bertz CT molecular complexity index is 1130. The van der Waals surface area contributed by atoms with Crippen molar-refractivity contribution in [1.29, 1.82) is 0 Å². The number of rotatable bonds is 3. The van der Waals surface area contributed by atoms with Crippen molar-refractivity contribution in [3.63, 3.8) is 0 Å². The number of hydrogen-bond donors (Lipinski definition) is 2. The average molecular weight is 395 g/mol. The summed E-state index contributed by atoms with van der Waals surface area (Å²) < 4.78 is 25.1. The molecule has 3 aromatic rings. The highest BCUT2D eigenvalue weighted by Crippen LogP contribution is 2.35. The fraction of sp³-hybridized carbons (Fsp3) is 0.158. The molecule has 0 radical (unpaired) electrons. The van der Waals surface area contributed by atoms with E-state index in [2.05, 4.69) is 20.7 Å². The third kappa shape index (κ3) is 3.14. The molecule has 2 amide bonds. The molecule has 0 saturated heterocycles. The number of carbonyl (C=O) groups is 2. The van der Waals surface area contributed by atoms with Crippen LogP contribution in [0.15, 0.2) is 42.5 Å². The highest BCUT2D eigenvalue weighted by atomic mass is 19.1. The van der Waals surface area contributed by atoms with E-state index in [0.717, 1.165) is 0 Å². The summed E-state index contributed by atoms with van der Waals surface area (Å²) in [6, 6.07) is 9.77. The Balaban J connectivity index is 1.43. The lowest BCUT2D eigenvalue weighted by Gasteiger charge is -2.22. The van der Waals surface area contributed by atoms with Crippen LogP contribution in [0.4, 0.5) is 16.0 Å². The topological polar surface area (TPSA) is 107 Å². The number of fused-ring (bicyclic) bond motifs is 2. The number of ether oxygens (including phenoxy) is 2. The highest BCUT2D eigenvalue weighted by Gasteiger charge is 2.33. The van der Waals surface area contributed by atoms with Gasteiger partial charge in [-0.3, -0.25) is 14.9 Å². The Kier molecular flexibility index (Phi) is 3.90. The van der Waals surface area contributed by atoms with Gasteiger partial charge < -0.3 is 14.8 Å². The maximum absolute atomic E-state index is 13.2. The van der Waals surface area contributed by atoms with Gasteiger partial charge in [0.05, 0.1) is 6.42 Å². The lowest BCUT2D eigenvalue weighted by molar-refractivity contribution is -0.125. The quantitative estimate of drug-likeness (QED) is 0.705. The van der Waals surface area contributed by atoms with E-state index in [9.17, 15) is 14.0 Å². The Morgan fingerprint density at radius 3 is 2.79 bits per heavy atom. The number of aromatic nitrogens is 3. The van der Waals surface area contributed by atoms with Crippen molar-refractivity contribution in [2.75, 3.05) is 17.4 Å². The summed E-state index contributed by atoms with van der Waals surface area (Å²) >= 11 is 0. The summed E-state index contributed by atoms with van der Waals surface area (Å²) in [5.41, 5.74) is 1.07. The molecule has 146 valence electrons. The Morgan fingerprint density at radius 2 is 1.97 bits per heavy atom. The van der Waals surface area contributed by atoms with E-state index in [-0.39, 0.29) is 36.7 Å². The van der Waals surface area contributed by atoms with Crippen molar-refractivity contribution < 1.29 is 23.5 Å². The molecule has 0 aliphatic carbocycles. The number of amides is 2. The van der Waals surface area contributed by atoms with Crippen LogP contribution in [0, 0.1) is 5.82 Å². The first-order chi connectivity index (χ1) is 14.1. The molecule has 0 bridgehead atoms. The molecule has 1 unspecified atom stereocenters. The number of hydrogen-bond acceptors (Lipinski definition) is 6. The smallest absolute Gasteiger partial charge is 0.249 e. The maximum atomic E-state index is 13.2. The predicted molar refractivity (Wildman–Crippen MR) is 98.9 cm³/mol. The first kappa shape index (κ1) is 17.2. The highest BCUT2D eigenvalue weighted by molar-refractivity contribution is 6.01. The molecule has 5 rings (SSSR count). The van der Waals surface area contributed by atoms with Gasteiger partial charge in [0.1, 0.15) is 11.9 Å². The minimum absolute atomic E-state index is 0.0877. The number of anilines is 2. The molecular weight excluding hydrogens is 381 g/mol. The van der Waals surface area contributed by atoms with E-state index >= 15 is 0 Å². The van der Waals surface area contributed by atoms with Gasteiger partial charge in [0.2, 0.25) is 24.6 Å². The van der Waals surface area contributed by atoms with Crippen molar-refractivity contribution >= 4 is 23.5 Å². The lowest BCUT2D eigenvalue weighted by Crippen LogP contribution is -2.36. The first-order valence-corrected chi connectivity index (χ1v) is 8.80. The number of benzene rings is 2. The third-order valence-electron chi connectivity index (χ3n) is 4.60. The standard InChI is InChI=1S/C19H14FN5O4/c20-11-3-1-10(2-4-11)17-23-19-22-16(26)8-13(25(19)24-17)18(27)21-12-5-6-14-15(7-12)29-9-28-14/h1-7,13H,8-9H2,(H,21,27)(H,22,23,24,26). The van der Waals surface area contributed by atoms with Gasteiger partial charge >= 0.3 is 0 Å². The minimum atomic E-state index is -0.883. The van der Waals surface area contributed by atoms with Crippen LogP contribution in [-0.4, -0.2) is 33.4 Å². The molecule has 2 aromatic carbocycles. The number of nitrogens with zero attached hydrogens (tertiary/aromatic N) is 3. The van der Waals surface area contributed by atoms with Crippen LogP contribution in [0.3, 0.4) is 0 Å². The number of halogens is 1. The van der Waals surface area contributed by atoms with Crippen molar-refractivity contribution in [2.24, 2.45) is 0 Å². The zero-order chi connectivity index (χ0) is 20.0. The molecule has 2 N–H and O–H groups in total. The zero-order valence-electron chi connectivity index (χ0n) is 14.9. The molecule has 2 aliphatic rings. The molecule has 1 atom stereocenters. The van der Waals surface area contributed by atoms with E-state index in [1.165, 1.54) is 28.9 Å². The second-order valence-corrected chi connectivity index (χ2v) is 6.54. The fourth-order valence-corrected chi connectivity index (χ4v) is 3.19. The van der Waals surface area contributed by atoms with Crippen molar-refractivity contribution in [3.05, 3.63) is 48.3 Å². The van der Waals surface area contributed by atoms with Gasteiger partial charge in [0.15, 0.2) is 17.3 Å². The Hall–Kier alpha value is -3.95. The van der Waals surface area contributed by atoms with E-state index in [4.69, 9.17) is 9.47 Å². The van der Waals surface area contributed by atoms with Crippen LogP contribution in [0.25, 0.3) is 11.4 Å². The van der Waals surface area contributed by atoms with Crippen molar-refractivity contribution in [2.45, 2.75) is 12.5 Å². The molecule has 2 aliphatic heterocycles. The minimum Gasteiger partial charge on any atom is -0.454 e. The predicted octanol–water partition coefficient (Wildman–Crippen LogP) is 2.33. The summed E-state index contributed by atoms with van der Waals surface area (Å²) in [6.07, 6.45) is -0.0877. The largest absolute Gasteiger partial charge is 0.454 e. The van der Waals surface area contributed by atoms with Crippen LogP contribution in [0.5, 0.6) is 11.5 Å². The maximum Gasteiger partial charge on any atom is 0.249 e. The second-order valence-electron chi connectivity index (χ2n) is 6.54. The third-order valence-corrected chi connectivity index (χ3v) is 4.60. The zero-order valence-corrected chi connectivity index (χ0v) is 14.9. The first-order valence-electron chi connectivity index (χ1n) is 8.80. The monoisotopic (exact) mass is 395 g/mol. The van der Waals surface area contributed by atoms with Gasteiger partial charge in [-0.2, -0.15) is 4.98 Å². The van der Waals surface area contributed by atoms with Gasteiger partial charge in [-0.15, -0.1) is 5.10 Å². The summed E-state index contributed by atoms with van der Waals surface area (Å²) in [4.78, 5) is 29.2. The van der Waals surface area contributed by atoms with Crippen LogP contribution < -0.4 is 20.1 Å². The van der Waals surface area contributed by atoms with Crippen LogP contribution in [0.2, 0.25) is 0 Å². The van der Waals surface area contributed by atoms with E-state index in [1.54, 1.807) is 18.2 Å². The summed E-state index contributed by atoms with van der Waals surface area (Å²) in [7, 11) is 0. The van der Waals surface area contributed by atoms with Gasteiger partial charge in [-0.25, -0.2) is 9.07 Å². The molecule has 0 fully saturated rings. The fourth-order valence-electron chi connectivity index (χ4n) is 3.19. The van der Waals surface area contributed by atoms with Crippen LogP contribution in [-0.2, 0) is 9.59 Å². The molecule has 0 spiro atoms. The van der Waals surface area contributed by atoms with E-state index in [0.29, 0.717) is 22.7 Å². The summed E-state index contributed by atoms with van der Waals surface area (Å²) in [6.45, 7) is 0.129. The van der Waals surface area contributed by atoms with Crippen molar-refractivity contribution in [1.82, 2.24) is 14.8 Å². The van der Waals surface area contributed by atoms with Crippen LogP contribution in [0.1, 0.15) is 12.5 Å². The molecule has 0 saturated carbocycles.